The lowest BCUT2D eigenvalue weighted by molar-refractivity contribution is -0.688. The Morgan fingerprint density at radius 2 is 2.11 bits per heavy atom. The van der Waals surface area contributed by atoms with Gasteiger partial charge in [0.1, 0.15) is 11.3 Å². The zero-order valence-corrected chi connectivity index (χ0v) is 11.2. The summed E-state index contributed by atoms with van der Waals surface area (Å²) < 4.78 is 6.98. The Hall–Kier alpha value is -2.07. The van der Waals surface area contributed by atoms with E-state index >= 15 is 0 Å². The van der Waals surface area contributed by atoms with Gasteiger partial charge in [-0.05, 0) is 18.2 Å². The first-order valence-electron chi connectivity index (χ1n) is 5.54. The molecule has 0 aliphatic rings. The fourth-order valence-corrected chi connectivity index (χ4v) is 1.73. The molecule has 5 heteroatoms. The number of rotatable bonds is 4. The average molecular weight is 280 g/mol. The number of nitrogens with zero attached hydrogens (tertiary/aromatic N) is 1. The van der Waals surface area contributed by atoms with E-state index in [1.807, 2.05) is 35.0 Å². The molecule has 2 aromatic rings. The third kappa shape index (κ3) is 3.96. The molecule has 1 aromatic carbocycles. The largest absolute Gasteiger partial charge is 1.00 e. The van der Waals surface area contributed by atoms with Crippen LogP contribution in [0.15, 0.2) is 48.8 Å². The summed E-state index contributed by atoms with van der Waals surface area (Å²) in [6.45, 7) is 0.609. The molecule has 0 spiro atoms. The highest BCUT2D eigenvalue weighted by atomic mass is 35.5. The normalized spacial score (nSPS) is 9.53. The Morgan fingerprint density at radius 3 is 2.79 bits per heavy atom. The molecule has 1 aromatic heterocycles. The quantitative estimate of drug-likeness (QED) is 0.711. The van der Waals surface area contributed by atoms with Gasteiger partial charge in [0.2, 0.25) is 0 Å². The first kappa shape index (κ1) is 15.0. The van der Waals surface area contributed by atoms with Crippen molar-refractivity contribution in [3.63, 3.8) is 0 Å². The Balaban J connectivity index is 0.00000180. The number of carboxylic acid groups (broad SMARTS) is 1. The van der Waals surface area contributed by atoms with E-state index in [2.05, 4.69) is 0 Å². The van der Waals surface area contributed by atoms with E-state index in [9.17, 15) is 4.79 Å². The van der Waals surface area contributed by atoms with E-state index in [-0.39, 0.29) is 18.0 Å². The lowest BCUT2D eigenvalue weighted by Gasteiger charge is -2.02. The second-order valence-electron chi connectivity index (χ2n) is 3.92. The number of methoxy groups -OCH3 is 1. The topological polar surface area (TPSA) is 50.4 Å². The zero-order chi connectivity index (χ0) is 13.0. The Labute approximate surface area is 117 Å². The van der Waals surface area contributed by atoms with Crippen LogP contribution in [0.25, 0.3) is 0 Å². The first-order chi connectivity index (χ1) is 8.69. The van der Waals surface area contributed by atoms with Crippen molar-refractivity contribution in [1.82, 2.24) is 0 Å². The second-order valence-corrected chi connectivity index (χ2v) is 3.92. The van der Waals surface area contributed by atoms with Crippen molar-refractivity contribution in [2.24, 2.45) is 0 Å². The summed E-state index contributed by atoms with van der Waals surface area (Å²) in [4.78, 5) is 10.9. The molecular formula is C14H14ClNO3. The van der Waals surface area contributed by atoms with Crippen molar-refractivity contribution in [3.8, 4) is 5.75 Å². The minimum absolute atomic E-state index is 0. The van der Waals surface area contributed by atoms with Gasteiger partial charge in [-0.25, -0.2) is 4.79 Å². The highest BCUT2D eigenvalue weighted by Gasteiger charge is 2.09. The van der Waals surface area contributed by atoms with Gasteiger partial charge in [0, 0.05) is 11.6 Å². The molecule has 1 heterocycles. The van der Waals surface area contributed by atoms with Crippen LogP contribution in [-0.4, -0.2) is 18.2 Å². The molecule has 1 N–H and O–H groups in total. The van der Waals surface area contributed by atoms with Gasteiger partial charge in [-0.1, -0.05) is 12.1 Å². The maximum Gasteiger partial charge on any atom is 0.341 e. The molecule has 2 rings (SSSR count). The zero-order valence-electron chi connectivity index (χ0n) is 10.4. The summed E-state index contributed by atoms with van der Waals surface area (Å²) in [6.07, 6.45) is 3.45. The number of ether oxygens (including phenoxy) is 1. The van der Waals surface area contributed by atoms with Gasteiger partial charge in [-0.3, -0.25) is 0 Å². The monoisotopic (exact) mass is 279 g/mol. The van der Waals surface area contributed by atoms with Crippen molar-refractivity contribution in [1.29, 1.82) is 0 Å². The highest BCUT2D eigenvalue weighted by Crippen LogP contribution is 2.12. The minimum Gasteiger partial charge on any atom is -1.00 e. The second kappa shape index (κ2) is 6.75. The summed E-state index contributed by atoms with van der Waals surface area (Å²) in [5.74, 6) is -0.127. The maximum absolute atomic E-state index is 10.9. The number of carboxylic acids is 1. The molecule has 0 amide bonds. The lowest BCUT2D eigenvalue weighted by atomic mass is 10.2. The van der Waals surface area contributed by atoms with Crippen LogP contribution in [0, 0.1) is 0 Å². The SMILES string of the molecule is COc1cccc(C[n+]2cccc(C(=O)O)c2)c1.[Cl-]. The Kier molecular flexibility index (Phi) is 5.33. The molecule has 4 nitrogen and oxygen atoms in total. The standard InChI is InChI=1S/C14H13NO3.ClH/c1-18-13-6-2-4-11(8-13)9-15-7-3-5-12(10-15)14(16)17;/h2-8,10H,9H2,1H3;1H. The van der Waals surface area contributed by atoms with Crippen molar-refractivity contribution < 1.29 is 31.6 Å². The summed E-state index contributed by atoms with van der Waals surface area (Å²) >= 11 is 0. The number of carbonyl (C=O) groups is 1. The molecule has 0 unspecified atom stereocenters. The van der Waals surface area contributed by atoms with Crippen LogP contribution < -0.4 is 21.7 Å². The van der Waals surface area contributed by atoms with E-state index in [1.54, 1.807) is 25.4 Å². The molecule has 0 saturated carbocycles. The molecule has 0 aliphatic carbocycles. The molecule has 0 fully saturated rings. The molecule has 19 heavy (non-hydrogen) atoms. The van der Waals surface area contributed by atoms with E-state index in [0.717, 1.165) is 11.3 Å². The fourth-order valence-electron chi connectivity index (χ4n) is 1.73. The number of hydrogen-bond acceptors (Lipinski definition) is 2. The Morgan fingerprint density at radius 1 is 1.32 bits per heavy atom. The summed E-state index contributed by atoms with van der Waals surface area (Å²) in [5.41, 5.74) is 1.34. The third-order valence-corrected chi connectivity index (χ3v) is 2.60. The summed E-state index contributed by atoms with van der Waals surface area (Å²) in [5, 5.41) is 8.92. The first-order valence-corrected chi connectivity index (χ1v) is 5.54. The molecule has 0 radical (unpaired) electrons. The van der Waals surface area contributed by atoms with Crippen LogP contribution in [0.1, 0.15) is 15.9 Å². The number of pyridine rings is 1. The van der Waals surface area contributed by atoms with Gasteiger partial charge >= 0.3 is 5.97 Å². The molecule has 0 atom stereocenters. The van der Waals surface area contributed by atoms with Gasteiger partial charge in [0.25, 0.3) is 0 Å². The van der Waals surface area contributed by atoms with E-state index in [1.165, 1.54) is 0 Å². The van der Waals surface area contributed by atoms with Crippen molar-refractivity contribution in [3.05, 3.63) is 59.9 Å². The fraction of sp³-hybridized carbons (Fsp3) is 0.143. The van der Waals surface area contributed by atoms with Gasteiger partial charge in [-0.2, -0.15) is 4.57 Å². The molecule has 0 aliphatic heterocycles. The minimum atomic E-state index is -0.921. The molecule has 100 valence electrons. The van der Waals surface area contributed by atoms with Crippen LogP contribution in [0.5, 0.6) is 5.75 Å². The lowest BCUT2D eigenvalue weighted by Crippen LogP contribution is -3.00. The number of benzene rings is 1. The smallest absolute Gasteiger partial charge is 0.341 e. The number of aromatic nitrogens is 1. The maximum atomic E-state index is 10.9. The summed E-state index contributed by atoms with van der Waals surface area (Å²) in [6, 6.07) is 11.0. The van der Waals surface area contributed by atoms with Crippen LogP contribution in [0.3, 0.4) is 0 Å². The average Bonchev–Trinajstić information content (AvgIpc) is 2.39. The van der Waals surface area contributed by atoms with Crippen LogP contribution in [-0.2, 0) is 6.54 Å². The van der Waals surface area contributed by atoms with Gasteiger partial charge in [0.15, 0.2) is 18.9 Å². The van der Waals surface area contributed by atoms with Gasteiger partial charge in [-0.15, -0.1) is 0 Å². The van der Waals surface area contributed by atoms with Crippen LogP contribution in [0.4, 0.5) is 0 Å². The molecule has 0 bridgehead atoms. The van der Waals surface area contributed by atoms with E-state index in [4.69, 9.17) is 9.84 Å². The Bertz CT molecular complexity index is 572. The third-order valence-electron chi connectivity index (χ3n) is 2.60. The molecular weight excluding hydrogens is 266 g/mol. The highest BCUT2D eigenvalue weighted by molar-refractivity contribution is 5.86. The van der Waals surface area contributed by atoms with Crippen molar-refractivity contribution in [2.45, 2.75) is 6.54 Å². The predicted octanol–water partition coefficient (Wildman–Crippen LogP) is -1.27. The number of aromatic carboxylic acids is 1. The molecule has 0 saturated heterocycles. The van der Waals surface area contributed by atoms with E-state index < -0.39 is 5.97 Å². The van der Waals surface area contributed by atoms with Gasteiger partial charge in [0.05, 0.1) is 7.11 Å². The van der Waals surface area contributed by atoms with Gasteiger partial charge < -0.3 is 22.3 Å². The van der Waals surface area contributed by atoms with Crippen LogP contribution >= 0.6 is 0 Å². The van der Waals surface area contributed by atoms with Crippen molar-refractivity contribution >= 4 is 5.97 Å². The number of halogens is 1. The number of hydrogen-bond donors (Lipinski definition) is 1. The van der Waals surface area contributed by atoms with E-state index in [0.29, 0.717) is 6.54 Å². The van der Waals surface area contributed by atoms with Crippen molar-refractivity contribution in [2.75, 3.05) is 7.11 Å². The van der Waals surface area contributed by atoms with Crippen LogP contribution in [0.2, 0.25) is 0 Å². The summed E-state index contributed by atoms with van der Waals surface area (Å²) in [7, 11) is 1.62. The predicted molar refractivity (Wildman–Crippen MR) is 65.7 cm³/mol.